The lowest BCUT2D eigenvalue weighted by atomic mass is 10.1. The molecule has 1 rings (SSSR count). The minimum Gasteiger partial charge on any atom is -0.212 e. The first kappa shape index (κ1) is 9.00. The molecule has 0 aromatic heterocycles. The predicted octanol–water partition coefficient (Wildman–Crippen LogP) is 0.819. The van der Waals surface area contributed by atoms with E-state index in [2.05, 4.69) is 0 Å². The Kier molecular flexibility index (Phi) is 2.25. The fraction of sp³-hybridized carbons (Fsp3) is 1.00. The van der Waals surface area contributed by atoms with Crippen LogP contribution in [0.3, 0.4) is 0 Å². The van der Waals surface area contributed by atoms with E-state index in [1.165, 1.54) is 0 Å². The van der Waals surface area contributed by atoms with Crippen molar-refractivity contribution in [3.05, 3.63) is 0 Å². The van der Waals surface area contributed by atoms with E-state index in [4.69, 9.17) is 0 Å². The normalized spacial score (nSPS) is 27.1. The molecule has 1 saturated heterocycles. The molecular weight excluding hydrogens is 162 g/mol. The topological polar surface area (TPSA) is 37.4 Å². The largest absolute Gasteiger partial charge is 0.216 e. The van der Waals surface area contributed by atoms with Gasteiger partial charge in [-0.25, -0.2) is 8.42 Å². The molecule has 0 N–H and O–H groups in total. The van der Waals surface area contributed by atoms with Crippen LogP contribution in [0.4, 0.5) is 0 Å². The van der Waals surface area contributed by atoms with Crippen molar-refractivity contribution in [3.63, 3.8) is 0 Å². The molecule has 4 heteroatoms. The van der Waals surface area contributed by atoms with Crippen LogP contribution in [0.25, 0.3) is 0 Å². The van der Waals surface area contributed by atoms with Crippen molar-refractivity contribution in [1.82, 2.24) is 4.31 Å². The van der Waals surface area contributed by atoms with E-state index in [1.807, 2.05) is 6.92 Å². The van der Waals surface area contributed by atoms with E-state index < -0.39 is 10.0 Å². The highest BCUT2D eigenvalue weighted by Crippen LogP contribution is 2.23. The van der Waals surface area contributed by atoms with Crippen molar-refractivity contribution in [3.8, 4) is 0 Å². The third-order valence-corrected chi connectivity index (χ3v) is 4.57. The maximum Gasteiger partial charge on any atom is 0.216 e. The minimum atomic E-state index is -2.96. The lowest BCUT2D eigenvalue weighted by molar-refractivity contribution is 0.215. The van der Waals surface area contributed by atoms with Crippen molar-refractivity contribution in [2.45, 2.75) is 38.5 Å². The number of rotatable bonds is 2. The van der Waals surface area contributed by atoms with Gasteiger partial charge in [0, 0.05) is 12.6 Å². The van der Waals surface area contributed by atoms with Crippen LogP contribution in [0.2, 0.25) is 0 Å². The van der Waals surface area contributed by atoms with Crippen molar-refractivity contribution >= 4 is 10.0 Å². The second kappa shape index (κ2) is 2.75. The Morgan fingerprint density at radius 1 is 1.45 bits per heavy atom. The molecule has 0 amide bonds. The molecule has 0 aromatic carbocycles. The van der Waals surface area contributed by atoms with Crippen LogP contribution in [0.1, 0.15) is 27.2 Å². The second-order valence-electron chi connectivity index (χ2n) is 3.34. The summed E-state index contributed by atoms with van der Waals surface area (Å²) in [5, 5.41) is -0.273. The van der Waals surface area contributed by atoms with Gasteiger partial charge in [-0.05, 0) is 27.2 Å². The molecule has 0 aliphatic carbocycles. The van der Waals surface area contributed by atoms with E-state index >= 15 is 0 Å². The average molecular weight is 177 g/mol. The zero-order valence-electron chi connectivity index (χ0n) is 7.24. The molecule has 1 fully saturated rings. The lowest BCUT2D eigenvalue weighted by Gasteiger charge is -2.38. The first-order chi connectivity index (χ1) is 4.96. The quantitative estimate of drug-likeness (QED) is 0.626. The zero-order chi connectivity index (χ0) is 8.65. The van der Waals surface area contributed by atoms with E-state index in [9.17, 15) is 8.42 Å². The van der Waals surface area contributed by atoms with Gasteiger partial charge in [0.05, 0.1) is 5.25 Å². The molecule has 0 spiro atoms. The summed E-state index contributed by atoms with van der Waals surface area (Å²) in [6, 6.07) is 0.224. The second-order valence-corrected chi connectivity index (χ2v) is 5.78. The summed E-state index contributed by atoms with van der Waals surface area (Å²) in [6.45, 7) is 6.10. The Labute approximate surface area is 68.4 Å². The standard InChI is InChI=1S/C7H15NO2S/c1-6(2)11(9,10)8-5-4-7(8)3/h6-7H,4-5H2,1-3H3/t7-/m0/s1. The summed E-state index contributed by atoms with van der Waals surface area (Å²) in [7, 11) is -2.96. The van der Waals surface area contributed by atoms with E-state index in [1.54, 1.807) is 18.2 Å². The van der Waals surface area contributed by atoms with Gasteiger partial charge >= 0.3 is 0 Å². The van der Waals surface area contributed by atoms with Crippen LogP contribution in [0, 0.1) is 0 Å². The molecule has 66 valence electrons. The molecule has 0 unspecified atom stereocenters. The highest BCUT2D eigenvalue weighted by Gasteiger charge is 2.35. The fourth-order valence-electron chi connectivity index (χ4n) is 1.14. The van der Waals surface area contributed by atoms with Gasteiger partial charge in [0.25, 0.3) is 0 Å². The molecule has 0 saturated carbocycles. The highest BCUT2D eigenvalue weighted by atomic mass is 32.2. The minimum absolute atomic E-state index is 0.224. The smallest absolute Gasteiger partial charge is 0.212 e. The van der Waals surface area contributed by atoms with E-state index in [-0.39, 0.29) is 11.3 Å². The Hall–Kier alpha value is -0.0900. The van der Waals surface area contributed by atoms with Crippen LogP contribution >= 0.6 is 0 Å². The molecule has 0 radical (unpaired) electrons. The third kappa shape index (κ3) is 1.42. The Bertz CT molecular complexity index is 233. The van der Waals surface area contributed by atoms with Gasteiger partial charge in [-0.15, -0.1) is 0 Å². The maximum absolute atomic E-state index is 11.4. The van der Waals surface area contributed by atoms with Gasteiger partial charge in [0.2, 0.25) is 10.0 Å². The summed E-state index contributed by atoms with van der Waals surface area (Å²) < 4.78 is 24.5. The van der Waals surface area contributed by atoms with Crippen molar-refractivity contribution < 1.29 is 8.42 Å². The van der Waals surface area contributed by atoms with Crippen LogP contribution < -0.4 is 0 Å². The van der Waals surface area contributed by atoms with Gasteiger partial charge in [0.15, 0.2) is 0 Å². The SMILES string of the molecule is CC(C)S(=O)(=O)N1CC[C@@H]1C. The van der Waals surface area contributed by atoms with Crippen LogP contribution in [-0.2, 0) is 10.0 Å². The van der Waals surface area contributed by atoms with Gasteiger partial charge in [-0.3, -0.25) is 0 Å². The molecular formula is C7H15NO2S. The van der Waals surface area contributed by atoms with Gasteiger partial charge in [-0.2, -0.15) is 4.31 Å². The number of hydrogen-bond donors (Lipinski definition) is 0. The monoisotopic (exact) mass is 177 g/mol. The number of hydrogen-bond acceptors (Lipinski definition) is 2. The van der Waals surface area contributed by atoms with Gasteiger partial charge in [-0.1, -0.05) is 0 Å². The summed E-state index contributed by atoms with van der Waals surface area (Å²) in [6.07, 6.45) is 1.01. The lowest BCUT2D eigenvalue weighted by Crippen LogP contribution is -2.51. The number of sulfonamides is 1. The van der Waals surface area contributed by atoms with Crippen LogP contribution in [-0.4, -0.2) is 30.6 Å². The molecule has 1 aliphatic rings. The summed E-state index contributed by atoms with van der Waals surface area (Å²) in [4.78, 5) is 0. The van der Waals surface area contributed by atoms with Crippen LogP contribution in [0.15, 0.2) is 0 Å². The number of nitrogens with zero attached hydrogens (tertiary/aromatic N) is 1. The maximum atomic E-state index is 11.4. The Morgan fingerprint density at radius 3 is 2.09 bits per heavy atom. The molecule has 0 bridgehead atoms. The summed E-state index contributed by atoms with van der Waals surface area (Å²) in [5.74, 6) is 0. The first-order valence-corrected chi connectivity index (χ1v) is 5.47. The molecule has 1 heterocycles. The van der Waals surface area contributed by atoms with Crippen molar-refractivity contribution in [2.75, 3.05) is 6.54 Å². The van der Waals surface area contributed by atoms with Crippen LogP contribution in [0.5, 0.6) is 0 Å². The molecule has 0 aromatic rings. The van der Waals surface area contributed by atoms with Gasteiger partial charge < -0.3 is 0 Å². The third-order valence-electron chi connectivity index (χ3n) is 2.18. The summed E-state index contributed by atoms with van der Waals surface area (Å²) in [5.41, 5.74) is 0. The van der Waals surface area contributed by atoms with Gasteiger partial charge in [0.1, 0.15) is 0 Å². The average Bonchev–Trinajstić information content (AvgIpc) is 1.83. The molecule has 11 heavy (non-hydrogen) atoms. The predicted molar refractivity (Wildman–Crippen MR) is 44.8 cm³/mol. The first-order valence-electron chi connectivity index (χ1n) is 3.97. The van der Waals surface area contributed by atoms with Crippen molar-refractivity contribution in [1.29, 1.82) is 0 Å². The fourth-order valence-corrected chi connectivity index (χ4v) is 2.65. The highest BCUT2D eigenvalue weighted by molar-refractivity contribution is 7.89. The molecule has 1 aliphatic heterocycles. The molecule has 3 nitrogen and oxygen atoms in total. The van der Waals surface area contributed by atoms with E-state index in [0.717, 1.165) is 6.42 Å². The van der Waals surface area contributed by atoms with E-state index in [0.29, 0.717) is 6.54 Å². The molecule has 1 atom stereocenters. The summed E-state index contributed by atoms with van der Waals surface area (Å²) >= 11 is 0. The Balaban J connectivity index is 2.74. The van der Waals surface area contributed by atoms with Crippen molar-refractivity contribution in [2.24, 2.45) is 0 Å². The Morgan fingerprint density at radius 2 is 2.00 bits per heavy atom. The zero-order valence-corrected chi connectivity index (χ0v) is 8.06.